The maximum Gasteiger partial charge on any atom is 0.326 e. The van der Waals surface area contributed by atoms with Crippen LogP contribution in [0.25, 0.3) is 11.3 Å². The highest BCUT2D eigenvalue weighted by atomic mass is 31.2. The van der Waals surface area contributed by atoms with Crippen LogP contribution >= 0.6 is 7.60 Å². The Morgan fingerprint density at radius 1 is 1.17 bits per heavy atom. The van der Waals surface area contributed by atoms with Gasteiger partial charge in [-0.05, 0) is 12.1 Å². The molecular formula is C15H20N5O3P. The number of piperazine rings is 1. The molecule has 2 aromatic heterocycles. The monoisotopic (exact) mass is 349 g/mol. The van der Waals surface area contributed by atoms with Gasteiger partial charge in [0.2, 0.25) is 0 Å². The van der Waals surface area contributed by atoms with Crippen molar-refractivity contribution >= 4 is 13.4 Å². The summed E-state index contributed by atoms with van der Waals surface area (Å²) < 4.78 is 11.0. The van der Waals surface area contributed by atoms with E-state index in [1.807, 2.05) is 18.2 Å². The lowest BCUT2D eigenvalue weighted by Crippen LogP contribution is -2.47. The third-order valence-electron chi connectivity index (χ3n) is 4.01. The Labute approximate surface area is 140 Å². The molecule has 1 saturated heterocycles. The first-order valence-corrected chi connectivity index (χ1v) is 9.55. The highest BCUT2D eigenvalue weighted by molar-refractivity contribution is 7.51. The third-order valence-corrected chi connectivity index (χ3v) is 4.80. The Bertz CT molecular complexity index is 716. The van der Waals surface area contributed by atoms with Gasteiger partial charge in [0.25, 0.3) is 0 Å². The fourth-order valence-corrected chi connectivity index (χ4v) is 3.21. The summed E-state index contributed by atoms with van der Waals surface area (Å²) in [7, 11) is -3.93. The fourth-order valence-electron chi connectivity index (χ4n) is 2.66. The van der Waals surface area contributed by atoms with Crippen LogP contribution < -0.4 is 4.90 Å². The summed E-state index contributed by atoms with van der Waals surface area (Å²) in [5, 5.41) is 0. The lowest BCUT2D eigenvalue weighted by atomic mass is 10.2. The summed E-state index contributed by atoms with van der Waals surface area (Å²) in [6, 6.07) is 5.78. The maximum absolute atomic E-state index is 11.0. The summed E-state index contributed by atoms with van der Waals surface area (Å²) >= 11 is 0. The van der Waals surface area contributed by atoms with Crippen LogP contribution in [-0.2, 0) is 4.57 Å². The normalized spacial score (nSPS) is 16.3. The lowest BCUT2D eigenvalue weighted by Gasteiger charge is -2.35. The molecule has 0 unspecified atom stereocenters. The van der Waals surface area contributed by atoms with Gasteiger partial charge in [-0.2, -0.15) is 0 Å². The highest BCUT2D eigenvalue weighted by Crippen LogP contribution is 2.33. The van der Waals surface area contributed by atoms with E-state index >= 15 is 0 Å². The molecule has 0 spiro atoms. The van der Waals surface area contributed by atoms with Crippen LogP contribution in [0.3, 0.4) is 0 Å². The second-order valence-electron chi connectivity index (χ2n) is 5.72. The number of pyridine rings is 1. The second kappa shape index (κ2) is 7.36. The van der Waals surface area contributed by atoms with Gasteiger partial charge < -0.3 is 14.7 Å². The van der Waals surface area contributed by atoms with Gasteiger partial charge >= 0.3 is 7.60 Å². The molecule has 0 amide bonds. The van der Waals surface area contributed by atoms with E-state index in [0.717, 1.165) is 43.3 Å². The minimum atomic E-state index is -3.93. The van der Waals surface area contributed by atoms with E-state index in [4.69, 9.17) is 9.79 Å². The molecule has 0 radical (unpaired) electrons. The van der Waals surface area contributed by atoms with E-state index in [9.17, 15) is 4.57 Å². The van der Waals surface area contributed by atoms with E-state index in [-0.39, 0.29) is 6.16 Å². The van der Waals surface area contributed by atoms with Crippen LogP contribution in [0.2, 0.25) is 0 Å². The first kappa shape index (κ1) is 17.0. The average molecular weight is 349 g/mol. The minimum Gasteiger partial charge on any atom is -0.354 e. The van der Waals surface area contributed by atoms with E-state index in [1.54, 1.807) is 18.7 Å². The predicted molar refractivity (Wildman–Crippen MR) is 90.8 cm³/mol. The maximum atomic E-state index is 11.0. The molecule has 2 aromatic rings. The zero-order chi connectivity index (χ0) is 17.0. The van der Waals surface area contributed by atoms with Crippen LogP contribution in [0.1, 0.15) is 0 Å². The molecule has 8 nitrogen and oxygen atoms in total. The Morgan fingerprint density at radius 2 is 1.96 bits per heavy atom. The lowest BCUT2D eigenvalue weighted by molar-refractivity contribution is 0.264. The van der Waals surface area contributed by atoms with Crippen molar-refractivity contribution in [3.63, 3.8) is 0 Å². The van der Waals surface area contributed by atoms with Crippen LogP contribution in [0.5, 0.6) is 0 Å². The summed E-state index contributed by atoms with van der Waals surface area (Å²) in [5.41, 5.74) is 1.78. The molecule has 1 aliphatic rings. The molecular weight excluding hydrogens is 329 g/mol. The van der Waals surface area contributed by atoms with Crippen molar-refractivity contribution < 1.29 is 14.4 Å². The minimum absolute atomic E-state index is 0.0916. The quantitative estimate of drug-likeness (QED) is 0.766. The van der Waals surface area contributed by atoms with Crippen molar-refractivity contribution in [2.24, 2.45) is 0 Å². The van der Waals surface area contributed by atoms with Gasteiger partial charge in [-0.3, -0.25) is 14.4 Å². The van der Waals surface area contributed by atoms with E-state index in [2.05, 4.69) is 24.8 Å². The molecule has 1 aliphatic heterocycles. The zero-order valence-electron chi connectivity index (χ0n) is 13.2. The Hall–Kier alpha value is -1.86. The molecule has 24 heavy (non-hydrogen) atoms. The number of hydrogen-bond donors (Lipinski definition) is 2. The van der Waals surface area contributed by atoms with Gasteiger partial charge in [-0.15, -0.1) is 0 Å². The largest absolute Gasteiger partial charge is 0.354 e. The zero-order valence-corrected chi connectivity index (χ0v) is 14.1. The molecule has 0 aromatic carbocycles. The number of anilines is 1. The first-order chi connectivity index (χ1) is 11.5. The highest BCUT2D eigenvalue weighted by Gasteiger charge is 2.21. The number of aromatic nitrogens is 3. The van der Waals surface area contributed by atoms with Gasteiger partial charge in [0.05, 0.1) is 11.9 Å². The van der Waals surface area contributed by atoms with Gasteiger partial charge in [-0.1, -0.05) is 0 Å². The van der Waals surface area contributed by atoms with Crippen molar-refractivity contribution in [3.05, 3.63) is 36.9 Å². The molecule has 0 atom stereocenters. The van der Waals surface area contributed by atoms with Crippen LogP contribution in [0.15, 0.2) is 36.9 Å². The molecule has 0 aliphatic carbocycles. The molecule has 0 saturated carbocycles. The van der Waals surface area contributed by atoms with Gasteiger partial charge in [0.15, 0.2) is 0 Å². The Kier molecular flexibility index (Phi) is 5.20. The van der Waals surface area contributed by atoms with Crippen molar-refractivity contribution in [2.45, 2.75) is 0 Å². The van der Waals surface area contributed by atoms with Crippen LogP contribution in [0, 0.1) is 0 Å². The number of rotatable bonds is 5. The van der Waals surface area contributed by atoms with Crippen molar-refractivity contribution in [1.29, 1.82) is 0 Å². The average Bonchev–Trinajstić information content (AvgIpc) is 2.61. The van der Waals surface area contributed by atoms with Crippen LogP contribution in [0.4, 0.5) is 5.82 Å². The topological polar surface area (TPSA) is 103 Å². The molecule has 9 heteroatoms. The van der Waals surface area contributed by atoms with Crippen LogP contribution in [-0.4, -0.2) is 68.5 Å². The van der Waals surface area contributed by atoms with Gasteiger partial charge in [0, 0.05) is 56.7 Å². The van der Waals surface area contributed by atoms with E-state index < -0.39 is 7.60 Å². The first-order valence-electron chi connectivity index (χ1n) is 7.75. The molecule has 1 fully saturated rings. The standard InChI is InChI=1S/C15H20N5O3P/c21-24(22,23)9-8-19-4-6-20(7-5-19)15-10-14(17-12-18-15)13-2-1-3-16-11-13/h1-3,10-12H,4-9H2,(H2,21,22,23). The number of nitrogens with zero attached hydrogens (tertiary/aromatic N) is 5. The van der Waals surface area contributed by atoms with E-state index in [1.165, 1.54) is 0 Å². The molecule has 128 valence electrons. The van der Waals surface area contributed by atoms with Crippen molar-refractivity contribution in [2.75, 3.05) is 43.8 Å². The SMILES string of the molecule is O=P(O)(O)CCN1CCN(c2cc(-c3cccnc3)ncn2)CC1. The Morgan fingerprint density at radius 3 is 2.62 bits per heavy atom. The summed E-state index contributed by atoms with van der Waals surface area (Å²) in [4.78, 5) is 34.9. The molecule has 3 rings (SSSR count). The summed E-state index contributed by atoms with van der Waals surface area (Å²) in [5.74, 6) is 0.860. The number of hydrogen-bond acceptors (Lipinski definition) is 6. The van der Waals surface area contributed by atoms with Gasteiger partial charge in [-0.25, -0.2) is 9.97 Å². The predicted octanol–water partition coefficient (Wildman–Crippen LogP) is 0.838. The molecule has 3 heterocycles. The summed E-state index contributed by atoms with van der Waals surface area (Å²) in [6.07, 6.45) is 4.96. The van der Waals surface area contributed by atoms with E-state index in [0.29, 0.717) is 6.54 Å². The summed E-state index contributed by atoms with van der Waals surface area (Å²) in [6.45, 7) is 3.47. The second-order valence-corrected chi connectivity index (χ2v) is 7.50. The van der Waals surface area contributed by atoms with Crippen molar-refractivity contribution in [3.8, 4) is 11.3 Å². The fraction of sp³-hybridized carbons (Fsp3) is 0.400. The van der Waals surface area contributed by atoms with Gasteiger partial charge in [0.1, 0.15) is 12.1 Å². The Balaban J connectivity index is 1.62. The smallest absolute Gasteiger partial charge is 0.326 e. The molecule has 0 bridgehead atoms. The third kappa shape index (κ3) is 4.58. The van der Waals surface area contributed by atoms with Crippen molar-refractivity contribution in [1.82, 2.24) is 19.9 Å². The molecule has 2 N–H and O–H groups in total.